The van der Waals surface area contributed by atoms with Crippen molar-refractivity contribution in [3.63, 3.8) is 0 Å². The van der Waals surface area contributed by atoms with Crippen LogP contribution < -0.4 is 0 Å². The van der Waals surface area contributed by atoms with Crippen LogP contribution in [-0.4, -0.2) is 8.32 Å². The number of fused-ring (bicyclic) bond motifs is 1. The molecule has 0 aromatic heterocycles. The van der Waals surface area contributed by atoms with Gasteiger partial charge in [-0.05, 0) is 30.4 Å². The van der Waals surface area contributed by atoms with Crippen molar-refractivity contribution in [2.24, 2.45) is 0 Å². The lowest BCUT2D eigenvalue weighted by Gasteiger charge is -2.22. The Kier molecular flexibility index (Phi) is 3.51. The molecule has 0 aliphatic heterocycles. The first-order valence-corrected chi connectivity index (χ1v) is 9.47. The average Bonchev–Trinajstić information content (AvgIpc) is 2.34. The average molecular weight is 255 g/mol. The summed E-state index contributed by atoms with van der Waals surface area (Å²) in [5.41, 5.74) is 0.970. The third kappa shape index (κ3) is 2.78. The van der Waals surface area contributed by atoms with Gasteiger partial charge in [0, 0.05) is 5.56 Å². The Bertz CT molecular complexity index is 590. The summed E-state index contributed by atoms with van der Waals surface area (Å²) in [6, 6.07) is 16.4. The van der Waals surface area contributed by atoms with E-state index in [4.69, 9.17) is 4.43 Å². The summed E-state index contributed by atoms with van der Waals surface area (Å²) >= 11 is 0. The lowest BCUT2D eigenvalue weighted by molar-refractivity contribution is 0.256. The molecule has 0 fully saturated rings. The van der Waals surface area contributed by atoms with Crippen LogP contribution in [0.2, 0.25) is 19.6 Å². The molecular formula is C15H17NOSi. The van der Waals surface area contributed by atoms with Gasteiger partial charge in [0.1, 0.15) is 0 Å². The summed E-state index contributed by atoms with van der Waals surface area (Å²) in [4.78, 5) is 0. The monoisotopic (exact) mass is 255 g/mol. The van der Waals surface area contributed by atoms with Crippen LogP contribution in [0.3, 0.4) is 0 Å². The van der Waals surface area contributed by atoms with Gasteiger partial charge in [0.05, 0.1) is 6.07 Å². The van der Waals surface area contributed by atoms with Crippen molar-refractivity contribution in [2.75, 3.05) is 0 Å². The highest BCUT2D eigenvalue weighted by molar-refractivity contribution is 6.69. The van der Waals surface area contributed by atoms with Gasteiger partial charge in [-0.1, -0.05) is 42.5 Å². The molecule has 2 aromatic carbocycles. The minimum absolute atomic E-state index is 0.470. The number of benzene rings is 2. The van der Waals surface area contributed by atoms with Gasteiger partial charge in [0.25, 0.3) is 0 Å². The smallest absolute Gasteiger partial charge is 0.186 e. The Morgan fingerprint density at radius 3 is 2.39 bits per heavy atom. The highest BCUT2D eigenvalue weighted by Crippen LogP contribution is 2.28. The second-order valence-corrected chi connectivity index (χ2v) is 9.77. The largest absolute Gasteiger partial charge is 0.399 e. The zero-order chi connectivity index (χ0) is 13.2. The van der Waals surface area contributed by atoms with E-state index in [2.05, 4.69) is 37.8 Å². The van der Waals surface area contributed by atoms with E-state index in [-0.39, 0.29) is 0 Å². The molecule has 0 spiro atoms. The molecule has 0 bridgehead atoms. The summed E-state index contributed by atoms with van der Waals surface area (Å²) in [5, 5.41) is 11.6. The van der Waals surface area contributed by atoms with Gasteiger partial charge in [-0.25, -0.2) is 0 Å². The molecular weight excluding hydrogens is 238 g/mol. The SMILES string of the molecule is C[Si](C)(C)O[C@@H](C#N)c1cccc2ccccc12. The molecule has 18 heavy (non-hydrogen) atoms. The molecule has 2 rings (SSSR count). The Labute approximate surface area is 109 Å². The number of hydrogen-bond acceptors (Lipinski definition) is 2. The molecule has 0 N–H and O–H groups in total. The van der Waals surface area contributed by atoms with E-state index in [9.17, 15) is 5.26 Å². The molecule has 0 aliphatic rings. The Morgan fingerprint density at radius 2 is 1.72 bits per heavy atom. The number of rotatable bonds is 3. The molecule has 0 saturated heterocycles. The second-order valence-electron chi connectivity index (χ2n) is 5.31. The van der Waals surface area contributed by atoms with Crippen molar-refractivity contribution in [2.45, 2.75) is 25.7 Å². The van der Waals surface area contributed by atoms with Crippen LogP contribution in [0.5, 0.6) is 0 Å². The van der Waals surface area contributed by atoms with Crippen LogP contribution in [-0.2, 0) is 4.43 Å². The normalized spacial score (nSPS) is 13.2. The minimum Gasteiger partial charge on any atom is -0.399 e. The van der Waals surface area contributed by atoms with Gasteiger partial charge in [-0.3, -0.25) is 0 Å². The van der Waals surface area contributed by atoms with E-state index in [1.54, 1.807) is 0 Å². The first-order chi connectivity index (χ1) is 8.51. The van der Waals surface area contributed by atoms with E-state index < -0.39 is 14.4 Å². The molecule has 0 amide bonds. The van der Waals surface area contributed by atoms with E-state index in [0.29, 0.717) is 0 Å². The van der Waals surface area contributed by atoms with Crippen molar-refractivity contribution in [1.82, 2.24) is 0 Å². The fraction of sp³-hybridized carbons (Fsp3) is 0.267. The van der Waals surface area contributed by atoms with E-state index in [0.717, 1.165) is 16.3 Å². The molecule has 0 unspecified atom stereocenters. The molecule has 2 nitrogen and oxygen atoms in total. The van der Waals surface area contributed by atoms with Crippen LogP contribution in [0, 0.1) is 11.3 Å². The van der Waals surface area contributed by atoms with Crippen LogP contribution in [0.15, 0.2) is 42.5 Å². The quantitative estimate of drug-likeness (QED) is 0.768. The third-order valence-electron chi connectivity index (χ3n) is 2.69. The maximum absolute atomic E-state index is 9.35. The number of nitriles is 1. The summed E-state index contributed by atoms with van der Waals surface area (Å²) < 4.78 is 5.96. The lowest BCUT2D eigenvalue weighted by Crippen LogP contribution is -2.27. The Balaban J connectivity index is 2.49. The molecule has 1 atom stereocenters. The maximum Gasteiger partial charge on any atom is 0.186 e. The van der Waals surface area contributed by atoms with Crippen molar-refractivity contribution < 1.29 is 4.43 Å². The van der Waals surface area contributed by atoms with E-state index in [1.807, 2.05) is 30.3 Å². The summed E-state index contributed by atoms with van der Waals surface area (Å²) in [6.07, 6.45) is -0.470. The highest BCUT2D eigenvalue weighted by atomic mass is 28.4. The van der Waals surface area contributed by atoms with Crippen LogP contribution in [0.4, 0.5) is 0 Å². The van der Waals surface area contributed by atoms with Gasteiger partial charge >= 0.3 is 0 Å². The first-order valence-electron chi connectivity index (χ1n) is 6.06. The maximum atomic E-state index is 9.35. The van der Waals surface area contributed by atoms with Gasteiger partial charge in [-0.2, -0.15) is 5.26 Å². The number of nitrogens with zero attached hydrogens (tertiary/aromatic N) is 1. The van der Waals surface area contributed by atoms with Crippen LogP contribution >= 0.6 is 0 Å². The van der Waals surface area contributed by atoms with Crippen molar-refractivity contribution in [1.29, 1.82) is 5.26 Å². The predicted molar refractivity (Wildman–Crippen MR) is 76.7 cm³/mol. The summed E-state index contributed by atoms with van der Waals surface area (Å²) in [6.45, 7) is 6.30. The molecule has 3 heteroatoms. The Hall–Kier alpha value is -1.63. The first kappa shape index (κ1) is 12.8. The van der Waals surface area contributed by atoms with Gasteiger partial charge in [0.2, 0.25) is 0 Å². The van der Waals surface area contributed by atoms with Crippen molar-refractivity contribution in [3.8, 4) is 6.07 Å². The standard InChI is InChI=1S/C15H17NOSi/c1-18(2,3)17-15(11-16)14-10-6-8-12-7-4-5-9-13(12)14/h4-10,15H,1-3H3/t15-/m0/s1. The lowest BCUT2D eigenvalue weighted by atomic mass is 10.0. The molecule has 0 radical (unpaired) electrons. The topological polar surface area (TPSA) is 33.0 Å². The molecule has 0 aliphatic carbocycles. The zero-order valence-corrected chi connectivity index (χ0v) is 12.0. The molecule has 0 heterocycles. The summed E-state index contributed by atoms with van der Waals surface area (Å²) in [5.74, 6) is 0. The minimum atomic E-state index is -1.73. The zero-order valence-electron chi connectivity index (χ0n) is 11.0. The Morgan fingerprint density at radius 1 is 1.06 bits per heavy atom. The number of hydrogen-bond donors (Lipinski definition) is 0. The fourth-order valence-corrected chi connectivity index (χ4v) is 2.88. The summed E-state index contributed by atoms with van der Waals surface area (Å²) in [7, 11) is -1.73. The van der Waals surface area contributed by atoms with Crippen LogP contribution in [0.25, 0.3) is 10.8 Å². The van der Waals surface area contributed by atoms with E-state index in [1.165, 1.54) is 0 Å². The third-order valence-corrected chi connectivity index (χ3v) is 3.64. The highest BCUT2D eigenvalue weighted by Gasteiger charge is 2.23. The molecule has 2 aromatic rings. The second kappa shape index (κ2) is 4.93. The fourth-order valence-electron chi connectivity index (χ4n) is 1.99. The van der Waals surface area contributed by atoms with Gasteiger partial charge in [0.15, 0.2) is 14.4 Å². The van der Waals surface area contributed by atoms with Gasteiger partial charge in [-0.15, -0.1) is 0 Å². The van der Waals surface area contributed by atoms with Gasteiger partial charge < -0.3 is 4.43 Å². The predicted octanol–water partition coefficient (Wildman–Crippen LogP) is 4.26. The van der Waals surface area contributed by atoms with E-state index >= 15 is 0 Å². The molecule has 92 valence electrons. The molecule has 0 saturated carbocycles. The van der Waals surface area contributed by atoms with Crippen molar-refractivity contribution >= 4 is 19.1 Å². The van der Waals surface area contributed by atoms with Crippen LogP contribution in [0.1, 0.15) is 11.7 Å². The van der Waals surface area contributed by atoms with Crippen molar-refractivity contribution in [3.05, 3.63) is 48.0 Å².